The third-order valence-corrected chi connectivity index (χ3v) is 19.5. The van der Waals surface area contributed by atoms with Crippen LogP contribution in [0.25, 0.3) is 0 Å². The zero-order chi connectivity index (χ0) is 78.9. The molecule has 2 unspecified atom stereocenters. The first kappa shape index (κ1) is 103. The Morgan fingerprint density at radius 3 is 0.843 bits per heavy atom. The molecule has 0 bridgehead atoms. The van der Waals surface area contributed by atoms with E-state index in [4.69, 9.17) is 37.0 Å². The van der Waals surface area contributed by atoms with Crippen LogP contribution in [0.2, 0.25) is 0 Å². The van der Waals surface area contributed by atoms with Crippen LogP contribution >= 0.6 is 15.6 Å². The lowest BCUT2D eigenvalue weighted by Gasteiger charge is -2.21. The molecule has 0 rings (SSSR count). The summed E-state index contributed by atoms with van der Waals surface area (Å²) in [6.45, 7) is 4.64. The van der Waals surface area contributed by atoms with Crippen LogP contribution in [0.3, 0.4) is 0 Å². The molecule has 108 heavy (non-hydrogen) atoms. The predicted molar refractivity (Wildman–Crippen MR) is 445 cm³/mol. The maximum absolute atomic E-state index is 13.1. The summed E-state index contributed by atoms with van der Waals surface area (Å²) in [4.78, 5) is 73.2. The second-order valence-corrected chi connectivity index (χ2v) is 30.9. The van der Waals surface area contributed by atoms with Gasteiger partial charge in [-0.25, -0.2) is 9.13 Å². The average molecular weight is 1560 g/mol. The molecule has 0 aliphatic carbocycles. The number of aliphatic hydroxyl groups is 1. The molecule has 0 radical (unpaired) electrons. The lowest BCUT2D eigenvalue weighted by molar-refractivity contribution is -0.161. The Kier molecular flexibility index (Phi) is 76.7. The molecule has 0 saturated heterocycles. The van der Waals surface area contributed by atoms with E-state index >= 15 is 0 Å². The van der Waals surface area contributed by atoms with E-state index in [9.17, 15) is 43.2 Å². The maximum atomic E-state index is 13.1. The van der Waals surface area contributed by atoms with Crippen molar-refractivity contribution >= 4 is 39.5 Å². The summed E-state index contributed by atoms with van der Waals surface area (Å²) in [6.07, 6.45) is 91.4. The summed E-state index contributed by atoms with van der Waals surface area (Å²) in [6, 6.07) is 0. The van der Waals surface area contributed by atoms with E-state index in [2.05, 4.69) is 143 Å². The van der Waals surface area contributed by atoms with Gasteiger partial charge in [0.25, 0.3) is 0 Å². The van der Waals surface area contributed by atoms with Crippen molar-refractivity contribution in [2.24, 2.45) is 0 Å². The number of rotatable bonds is 79. The minimum Gasteiger partial charge on any atom is -0.462 e. The second-order valence-electron chi connectivity index (χ2n) is 28.0. The predicted octanol–water partition coefficient (Wildman–Crippen LogP) is 25.2. The standard InChI is InChI=1S/C89H152O17P2/c1-5-9-13-17-21-25-29-33-37-39-41-43-47-50-54-58-62-66-70-74-87(92)100-80-85(106-89(94)76-72-68-64-60-56-52-48-44-42-40-38-34-30-26-22-18-14-10-6-2)82-104-108(97,98)102-78-83(90)77-101-107(95,96)103-81-84(105-88(93)75-71-67-63-59-55-51-46-36-32-28-24-20-16-12-8-4)79-99-86(91)73-69-65-61-57-53-49-45-35-31-27-23-19-15-11-7-3/h9,13,21-22,25-26,28,32-34,37-38,41-44,50,52,54,56,64,68,83-85,90H,5-8,10-12,14-20,23-24,27,29-31,35-36,39-40,45-49,51,53,55,57-63,65-67,69-82H2,1-4H3,(H,95,96)(H,97,98)/b13-9-,25-21-,26-22-,32-28-,37-33-,38-34-,43-41-,44-42-,54-50-,56-52-,68-64-/t83-,84+,85+/m0/s1. The molecule has 3 N–H and O–H groups in total. The molecule has 0 saturated carbocycles. The Balaban J connectivity index is 5.47. The number of esters is 4. The van der Waals surface area contributed by atoms with E-state index in [1.165, 1.54) is 116 Å². The van der Waals surface area contributed by atoms with Gasteiger partial charge in [0.15, 0.2) is 12.2 Å². The fraction of sp³-hybridized carbons (Fsp3) is 0.708. The number of carbonyl (C=O) groups is 4. The van der Waals surface area contributed by atoms with Crippen LogP contribution in [0.15, 0.2) is 134 Å². The highest BCUT2D eigenvalue weighted by Gasteiger charge is 2.30. The molecule has 19 heteroatoms. The van der Waals surface area contributed by atoms with Gasteiger partial charge in [0.05, 0.1) is 26.4 Å². The number of ether oxygens (including phenoxy) is 4. The van der Waals surface area contributed by atoms with Gasteiger partial charge in [-0.05, 0) is 135 Å². The van der Waals surface area contributed by atoms with E-state index in [1.54, 1.807) is 0 Å². The molecule has 0 amide bonds. The third-order valence-electron chi connectivity index (χ3n) is 17.6. The van der Waals surface area contributed by atoms with Crippen LogP contribution in [0, 0.1) is 0 Å². The number of allylic oxidation sites excluding steroid dienone is 22. The number of carbonyl (C=O) groups excluding carboxylic acids is 4. The van der Waals surface area contributed by atoms with Crippen LogP contribution in [-0.4, -0.2) is 96.7 Å². The van der Waals surface area contributed by atoms with E-state index in [0.29, 0.717) is 32.1 Å². The molecule has 0 aromatic heterocycles. The molecule has 5 atom stereocenters. The number of hydrogen-bond acceptors (Lipinski definition) is 15. The fourth-order valence-electron chi connectivity index (χ4n) is 11.2. The Bertz CT molecular complexity index is 2560. The zero-order valence-electron chi connectivity index (χ0n) is 68.0. The average Bonchev–Trinajstić information content (AvgIpc) is 0.896. The molecule has 17 nitrogen and oxygen atoms in total. The van der Waals surface area contributed by atoms with Gasteiger partial charge < -0.3 is 33.8 Å². The smallest absolute Gasteiger partial charge is 0.462 e. The first-order valence-corrected chi connectivity index (χ1v) is 45.4. The highest BCUT2D eigenvalue weighted by Crippen LogP contribution is 2.45. The van der Waals surface area contributed by atoms with Crippen molar-refractivity contribution in [3.05, 3.63) is 134 Å². The molecule has 0 heterocycles. The lowest BCUT2D eigenvalue weighted by Crippen LogP contribution is -2.30. The monoisotopic (exact) mass is 1560 g/mol. The van der Waals surface area contributed by atoms with Gasteiger partial charge in [0.1, 0.15) is 19.3 Å². The van der Waals surface area contributed by atoms with Crippen molar-refractivity contribution in [2.45, 2.75) is 367 Å². The van der Waals surface area contributed by atoms with Gasteiger partial charge in [-0.3, -0.25) is 37.3 Å². The van der Waals surface area contributed by atoms with Crippen molar-refractivity contribution in [3.8, 4) is 0 Å². The number of hydrogen-bond donors (Lipinski definition) is 3. The van der Waals surface area contributed by atoms with Crippen LogP contribution in [-0.2, 0) is 65.4 Å². The second kappa shape index (κ2) is 80.3. The first-order chi connectivity index (χ1) is 52.7. The minimum absolute atomic E-state index is 0.0391. The number of aliphatic hydroxyl groups excluding tert-OH is 1. The van der Waals surface area contributed by atoms with Crippen molar-refractivity contribution in [1.82, 2.24) is 0 Å². The summed E-state index contributed by atoms with van der Waals surface area (Å²) in [5, 5.41) is 10.7. The zero-order valence-corrected chi connectivity index (χ0v) is 69.8. The van der Waals surface area contributed by atoms with E-state index in [0.717, 1.165) is 148 Å². The summed E-state index contributed by atoms with van der Waals surface area (Å²) in [7, 11) is -10.0. The molecule has 0 spiro atoms. The normalized spacial score (nSPS) is 14.5. The Morgan fingerprint density at radius 2 is 0.500 bits per heavy atom. The highest BCUT2D eigenvalue weighted by atomic mass is 31.2. The Hall–Kier alpha value is -4.80. The minimum atomic E-state index is -5.01. The lowest BCUT2D eigenvalue weighted by atomic mass is 10.0. The Morgan fingerprint density at radius 1 is 0.269 bits per heavy atom. The molecular weight excluding hydrogens is 1400 g/mol. The molecule has 0 aromatic rings. The molecule has 0 aliphatic rings. The van der Waals surface area contributed by atoms with Crippen molar-refractivity contribution in [1.29, 1.82) is 0 Å². The van der Waals surface area contributed by atoms with Gasteiger partial charge in [-0.15, -0.1) is 0 Å². The molecule has 620 valence electrons. The third kappa shape index (κ3) is 79.3. The largest absolute Gasteiger partial charge is 0.472 e. The van der Waals surface area contributed by atoms with Gasteiger partial charge in [-0.1, -0.05) is 322 Å². The molecular formula is C89H152O17P2. The van der Waals surface area contributed by atoms with Crippen molar-refractivity contribution in [2.75, 3.05) is 39.6 Å². The fourth-order valence-corrected chi connectivity index (χ4v) is 12.7. The van der Waals surface area contributed by atoms with Crippen molar-refractivity contribution < 1.29 is 80.2 Å². The summed E-state index contributed by atoms with van der Waals surface area (Å²) >= 11 is 0. The van der Waals surface area contributed by atoms with Crippen LogP contribution in [0.4, 0.5) is 0 Å². The molecule has 0 aromatic carbocycles. The quantitative estimate of drug-likeness (QED) is 0.0169. The van der Waals surface area contributed by atoms with E-state index in [-0.39, 0.29) is 25.7 Å². The summed E-state index contributed by atoms with van der Waals surface area (Å²) in [5.41, 5.74) is 0. The topological polar surface area (TPSA) is 237 Å². The number of phosphoric ester groups is 2. The Labute approximate surface area is 656 Å². The first-order valence-electron chi connectivity index (χ1n) is 42.4. The van der Waals surface area contributed by atoms with E-state index < -0.39 is 97.5 Å². The number of unbranched alkanes of at least 4 members (excludes halogenated alkanes) is 31. The highest BCUT2D eigenvalue weighted by molar-refractivity contribution is 7.47. The summed E-state index contributed by atoms with van der Waals surface area (Å²) in [5.74, 6) is -2.30. The van der Waals surface area contributed by atoms with Gasteiger partial charge in [0.2, 0.25) is 0 Å². The SMILES string of the molecule is CC/C=C\C/C=C\C/C=C\C/C=C\C/C=C\CCCCCC(=O)OC[C@H](COP(=O)(O)OC[C@@H](O)COP(=O)(O)OC[C@@H](COC(=O)CCCCCCCCCCCCCCCCC)OC(=O)CCCCCCCCC/C=C\CCCCCC)OC(=O)CC/C=C\C/C=C\C/C=C\C/C=C\C/C=C\CCCCC. The summed E-state index contributed by atoms with van der Waals surface area (Å²) < 4.78 is 68.7. The van der Waals surface area contributed by atoms with E-state index in [1.807, 2.05) is 18.2 Å². The van der Waals surface area contributed by atoms with Crippen LogP contribution < -0.4 is 0 Å². The maximum Gasteiger partial charge on any atom is 0.472 e. The number of phosphoric acid groups is 2. The van der Waals surface area contributed by atoms with Gasteiger partial charge >= 0.3 is 39.5 Å². The van der Waals surface area contributed by atoms with Gasteiger partial charge in [-0.2, -0.15) is 0 Å². The van der Waals surface area contributed by atoms with Gasteiger partial charge in [0, 0.05) is 25.7 Å². The van der Waals surface area contributed by atoms with Crippen LogP contribution in [0.1, 0.15) is 349 Å². The molecule has 0 fully saturated rings. The van der Waals surface area contributed by atoms with Crippen LogP contribution in [0.5, 0.6) is 0 Å². The van der Waals surface area contributed by atoms with Crippen molar-refractivity contribution in [3.63, 3.8) is 0 Å². The molecule has 0 aliphatic heterocycles.